The molecular weight excluding hydrogens is 230 g/mol. The molecule has 6 nitrogen and oxygen atoms in total. The molecule has 0 spiro atoms. The molecule has 1 atom stereocenters. The normalized spacial score (nSPS) is 22.4. The number of aromatic nitrogens is 2. The number of rotatable bonds is 3. The van der Waals surface area contributed by atoms with Crippen molar-refractivity contribution in [3.63, 3.8) is 0 Å². The summed E-state index contributed by atoms with van der Waals surface area (Å²) in [6.45, 7) is 5.26. The summed E-state index contributed by atoms with van der Waals surface area (Å²) in [6.07, 6.45) is 3.28. The van der Waals surface area contributed by atoms with E-state index in [1.807, 2.05) is 23.9 Å². The number of amides is 1. The van der Waals surface area contributed by atoms with E-state index in [0.717, 1.165) is 31.7 Å². The van der Waals surface area contributed by atoms with Gasteiger partial charge in [0.1, 0.15) is 11.9 Å². The standard InChI is InChI=1S/C12H17N5O/c1-2-13-12(18)10-6-9-8-16(11-7-14-11)4-3-5-17(9)15-10/h6-7,11H,2-5,8H2,1H3,(H,13,18). The van der Waals surface area contributed by atoms with Gasteiger partial charge in [-0.1, -0.05) is 0 Å². The first kappa shape index (κ1) is 11.4. The quantitative estimate of drug-likeness (QED) is 0.832. The van der Waals surface area contributed by atoms with Crippen LogP contribution in [0.25, 0.3) is 0 Å². The first-order chi connectivity index (χ1) is 8.78. The Labute approximate surface area is 106 Å². The van der Waals surface area contributed by atoms with Crippen molar-refractivity contribution >= 4 is 12.1 Å². The van der Waals surface area contributed by atoms with Gasteiger partial charge in [-0.05, 0) is 19.4 Å². The average Bonchev–Trinajstić information content (AvgIpc) is 3.14. The highest BCUT2D eigenvalue weighted by Crippen LogP contribution is 2.19. The van der Waals surface area contributed by atoms with Crippen molar-refractivity contribution in [3.8, 4) is 0 Å². The Morgan fingerprint density at radius 1 is 1.56 bits per heavy atom. The molecule has 18 heavy (non-hydrogen) atoms. The molecule has 0 aromatic carbocycles. The van der Waals surface area contributed by atoms with Crippen LogP contribution in [0.1, 0.15) is 29.5 Å². The van der Waals surface area contributed by atoms with E-state index in [2.05, 4.69) is 20.3 Å². The summed E-state index contributed by atoms with van der Waals surface area (Å²) in [7, 11) is 0. The minimum absolute atomic E-state index is 0.0905. The number of carbonyl (C=O) groups excluding carboxylic acids is 1. The van der Waals surface area contributed by atoms with Gasteiger partial charge in [0, 0.05) is 32.4 Å². The summed E-state index contributed by atoms with van der Waals surface area (Å²) in [5.41, 5.74) is 1.62. The van der Waals surface area contributed by atoms with E-state index < -0.39 is 0 Å². The predicted octanol–water partition coefficient (Wildman–Crippen LogP) is 0.249. The van der Waals surface area contributed by atoms with E-state index in [1.165, 1.54) is 0 Å². The van der Waals surface area contributed by atoms with Crippen LogP contribution in [0.5, 0.6) is 0 Å². The highest BCUT2D eigenvalue weighted by Gasteiger charge is 2.26. The Balaban J connectivity index is 1.78. The minimum Gasteiger partial charge on any atom is -0.351 e. The van der Waals surface area contributed by atoms with Crippen LogP contribution in [0, 0.1) is 0 Å². The van der Waals surface area contributed by atoms with Gasteiger partial charge in [0.25, 0.3) is 5.91 Å². The fourth-order valence-electron chi connectivity index (χ4n) is 2.30. The number of hydrogen-bond acceptors (Lipinski definition) is 4. The highest BCUT2D eigenvalue weighted by atomic mass is 16.1. The summed E-state index contributed by atoms with van der Waals surface area (Å²) in [5.74, 6) is -0.0905. The van der Waals surface area contributed by atoms with Crippen LogP contribution in [0.4, 0.5) is 0 Å². The molecule has 0 fully saturated rings. The fourth-order valence-corrected chi connectivity index (χ4v) is 2.30. The molecule has 1 N–H and O–H groups in total. The lowest BCUT2D eigenvalue weighted by Gasteiger charge is -2.16. The lowest BCUT2D eigenvalue weighted by Crippen LogP contribution is -2.27. The Kier molecular flexibility index (Phi) is 2.87. The molecule has 0 saturated heterocycles. The maximum Gasteiger partial charge on any atom is 0.271 e. The van der Waals surface area contributed by atoms with Crippen LogP contribution in [-0.2, 0) is 13.1 Å². The maximum atomic E-state index is 11.8. The second-order valence-electron chi connectivity index (χ2n) is 4.64. The molecule has 2 aliphatic rings. The third-order valence-corrected chi connectivity index (χ3v) is 3.27. The molecule has 1 unspecified atom stereocenters. The van der Waals surface area contributed by atoms with Crippen molar-refractivity contribution in [3.05, 3.63) is 17.5 Å². The minimum atomic E-state index is -0.0905. The Morgan fingerprint density at radius 2 is 2.39 bits per heavy atom. The van der Waals surface area contributed by atoms with E-state index in [4.69, 9.17) is 0 Å². The molecule has 0 radical (unpaired) electrons. The van der Waals surface area contributed by atoms with Gasteiger partial charge in [-0.2, -0.15) is 5.10 Å². The van der Waals surface area contributed by atoms with E-state index in [1.54, 1.807) is 0 Å². The maximum absolute atomic E-state index is 11.8. The largest absolute Gasteiger partial charge is 0.351 e. The van der Waals surface area contributed by atoms with Gasteiger partial charge in [0.05, 0.1) is 5.69 Å². The number of aliphatic imine (C=N–C) groups is 1. The van der Waals surface area contributed by atoms with Gasteiger partial charge in [-0.25, -0.2) is 0 Å². The van der Waals surface area contributed by atoms with Crippen molar-refractivity contribution in [2.75, 3.05) is 13.1 Å². The number of fused-ring (bicyclic) bond motifs is 1. The van der Waals surface area contributed by atoms with Gasteiger partial charge in [0.2, 0.25) is 0 Å². The molecule has 1 aromatic heterocycles. The van der Waals surface area contributed by atoms with E-state index in [9.17, 15) is 4.79 Å². The first-order valence-corrected chi connectivity index (χ1v) is 6.40. The SMILES string of the molecule is CCNC(=O)c1cc2n(n1)CCCN(C1C=N1)C2. The molecule has 2 aliphatic heterocycles. The van der Waals surface area contributed by atoms with Crippen LogP contribution in [0.3, 0.4) is 0 Å². The number of nitrogens with one attached hydrogen (secondary N) is 1. The van der Waals surface area contributed by atoms with Crippen LogP contribution in [0.2, 0.25) is 0 Å². The van der Waals surface area contributed by atoms with Crippen molar-refractivity contribution in [1.29, 1.82) is 0 Å². The molecule has 3 rings (SSSR count). The topological polar surface area (TPSA) is 62.5 Å². The van der Waals surface area contributed by atoms with Crippen molar-refractivity contribution in [2.45, 2.75) is 32.6 Å². The summed E-state index contributed by atoms with van der Waals surface area (Å²) in [4.78, 5) is 18.3. The van der Waals surface area contributed by atoms with Crippen LogP contribution in [0.15, 0.2) is 11.1 Å². The number of hydrogen-bond donors (Lipinski definition) is 1. The van der Waals surface area contributed by atoms with Gasteiger partial charge in [-0.3, -0.25) is 19.4 Å². The van der Waals surface area contributed by atoms with Crippen molar-refractivity contribution < 1.29 is 4.79 Å². The third-order valence-electron chi connectivity index (χ3n) is 3.27. The van der Waals surface area contributed by atoms with Crippen LogP contribution < -0.4 is 5.32 Å². The monoisotopic (exact) mass is 247 g/mol. The highest BCUT2D eigenvalue weighted by molar-refractivity contribution is 5.92. The average molecular weight is 247 g/mol. The summed E-state index contributed by atoms with van der Waals surface area (Å²) >= 11 is 0. The van der Waals surface area contributed by atoms with Gasteiger partial charge in [0.15, 0.2) is 0 Å². The number of aryl methyl sites for hydroxylation is 1. The molecular formula is C12H17N5O. The smallest absolute Gasteiger partial charge is 0.271 e. The lowest BCUT2D eigenvalue weighted by atomic mass is 10.3. The zero-order chi connectivity index (χ0) is 12.5. The van der Waals surface area contributed by atoms with E-state index in [0.29, 0.717) is 12.2 Å². The molecule has 6 heteroatoms. The molecule has 1 aromatic rings. The fraction of sp³-hybridized carbons (Fsp3) is 0.583. The molecule has 96 valence electrons. The zero-order valence-electron chi connectivity index (χ0n) is 10.5. The summed E-state index contributed by atoms with van der Waals surface area (Å²) in [5, 5.41) is 7.16. The van der Waals surface area contributed by atoms with Gasteiger partial charge in [-0.15, -0.1) is 0 Å². The lowest BCUT2D eigenvalue weighted by molar-refractivity contribution is 0.0950. The second-order valence-corrected chi connectivity index (χ2v) is 4.64. The number of carbonyl (C=O) groups is 1. The summed E-state index contributed by atoms with van der Waals surface area (Å²) in [6, 6.07) is 1.89. The number of nitrogens with zero attached hydrogens (tertiary/aromatic N) is 4. The van der Waals surface area contributed by atoms with Crippen molar-refractivity contribution in [1.82, 2.24) is 20.0 Å². The Hall–Kier alpha value is -1.69. The van der Waals surface area contributed by atoms with Crippen LogP contribution in [-0.4, -0.2) is 46.1 Å². The molecule has 3 heterocycles. The van der Waals surface area contributed by atoms with Gasteiger partial charge >= 0.3 is 0 Å². The van der Waals surface area contributed by atoms with Gasteiger partial charge < -0.3 is 5.32 Å². The molecule has 0 bridgehead atoms. The molecule has 0 saturated carbocycles. The Morgan fingerprint density at radius 3 is 3.11 bits per heavy atom. The molecule has 1 amide bonds. The van der Waals surface area contributed by atoms with E-state index >= 15 is 0 Å². The summed E-state index contributed by atoms with van der Waals surface area (Å²) < 4.78 is 1.95. The van der Waals surface area contributed by atoms with Crippen LogP contribution >= 0.6 is 0 Å². The third kappa shape index (κ3) is 2.15. The second kappa shape index (κ2) is 4.53. The Bertz CT molecular complexity index is 487. The van der Waals surface area contributed by atoms with E-state index in [-0.39, 0.29) is 12.1 Å². The zero-order valence-corrected chi connectivity index (χ0v) is 10.5. The molecule has 0 aliphatic carbocycles. The van der Waals surface area contributed by atoms with Crippen molar-refractivity contribution in [2.24, 2.45) is 4.99 Å². The predicted molar refractivity (Wildman–Crippen MR) is 67.5 cm³/mol. The first-order valence-electron chi connectivity index (χ1n) is 6.40.